The monoisotopic (exact) mass is 391 g/mol. The summed E-state index contributed by atoms with van der Waals surface area (Å²) in [6, 6.07) is 7.91. The maximum absolute atomic E-state index is 12.8. The first kappa shape index (κ1) is 19.9. The number of hydrogen-bond donors (Lipinski definition) is 1. The normalized spacial score (nSPS) is 15.0. The highest BCUT2D eigenvalue weighted by Crippen LogP contribution is 2.48. The highest BCUT2D eigenvalue weighted by Gasteiger charge is 2.57. The van der Waals surface area contributed by atoms with E-state index in [1.807, 2.05) is 12.1 Å². The van der Waals surface area contributed by atoms with Gasteiger partial charge >= 0.3 is 6.18 Å². The number of carbonyl (C=O) groups is 2. The molecule has 2 aromatic rings. The fourth-order valence-corrected chi connectivity index (χ4v) is 2.97. The lowest BCUT2D eigenvalue weighted by Crippen LogP contribution is -2.41. The molecule has 2 amide bonds. The SMILES string of the molecule is CN(CCc1ccncc1)C(=O)C1(C(=O)Nc2ccc(C(F)(F)F)cc2)CC1. The van der Waals surface area contributed by atoms with Crippen molar-refractivity contribution in [3.63, 3.8) is 0 Å². The number of rotatable bonds is 6. The van der Waals surface area contributed by atoms with E-state index in [0.717, 1.165) is 17.7 Å². The average Bonchev–Trinajstić information content (AvgIpc) is 3.48. The van der Waals surface area contributed by atoms with E-state index in [0.29, 0.717) is 25.8 Å². The number of alkyl halides is 3. The molecule has 5 nitrogen and oxygen atoms in total. The zero-order valence-corrected chi connectivity index (χ0v) is 15.3. The first-order valence-electron chi connectivity index (χ1n) is 8.85. The van der Waals surface area contributed by atoms with Gasteiger partial charge in [0.1, 0.15) is 5.41 Å². The molecule has 0 aliphatic heterocycles. The van der Waals surface area contributed by atoms with Gasteiger partial charge in [-0.1, -0.05) is 0 Å². The molecule has 1 aliphatic rings. The molecule has 28 heavy (non-hydrogen) atoms. The number of pyridine rings is 1. The third kappa shape index (κ3) is 4.32. The predicted molar refractivity (Wildman–Crippen MR) is 97.3 cm³/mol. The Hall–Kier alpha value is -2.90. The Kier molecular flexibility index (Phi) is 5.40. The van der Waals surface area contributed by atoms with Crippen molar-refractivity contribution >= 4 is 17.5 Å². The maximum atomic E-state index is 12.8. The molecule has 1 aromatic carbocycles. The van der Waals surface area contributed by atoms with Crippen molar-refractivity contribution in [2.45, 2.75) is 25.4 Å². The van der Waals surface area contributed by atoms with Gasteiger partial charge in [0.05, 0.1) is 5.56 Å². The number of aromatic nitrogens is 1. The van der Waals surface area contributed by atoms with Crippen molar-refractivity contribution in [3.8, 4) is 0 Å². The molecule has 0 bridgehead atoms. The second-order valence-corrected chi connectivity index (χ2v) is 6.94. The van der Waals surface area contributed by atoms with E-state index >= 15 is 0 Å². The third-order valence-electron chi connectivity index (χ3n) is 4.90. The van der Waals surface area contributed by atoms with Crippen molar-refractivity contribution < 1.29 is 22.8 Å². The van der Waals surface area contributed by atoms with Crippen LogP contribution in [0.2, 0.25) is 0 Å². The minimum atomic E-state index is -4.44. The summed E-state index contributed by atoms with van der Waals surface area (Å²) in [5.74, 6) is -0.751. The smallest absolute Gasteiger partial charge is 0.344 e. The van der Waals surface area contributed by atoms with Crippen molar-refractivity contribution in [1.29, 1.82) is 0 Å². The van der Waals surface area contributed by atoms with Crippen LogP contribution in [0.3, 0.4) is 0 Å². The number of amides is 2. The van der Waals surface area contributed by atoms with Crippen molar-refractivity contribution in [1.82, 2.24) is 9.88 Å². The number of nitrogens with one attached hydrogen (secondary N) is 1. The van der Waals surface area contributed by atoms with Crippen molar-refractivity contribution in [2.24, 2.45) is 5.41 Å². The molecule has 0 atom stereocenters. The molecule has 148 valence electrons. The number of nitrogens with zero attached hydrogens (tertiary/aromatic N) is 2. The molecular formula is C20H20F3N3O2. The summed E-state index contributed by atoms with van der Waals surface area (Å²) >= 11 is 0. The second-order valence-electron chi connectivity index (χ2n) is 6.94. The predicted octanol–water partition coefficient (Wildman–Crippen LogP) is 3.52. The number of anilines is 1. The van der Waals surface area contributed by atoms with E-state index in [9.17, 15) is 22.8 Å². The van der Waals surface area contributed by atoms with Gasteiger partial charge < -0.3 is 10.2 Å². The molecule has 1 aliphatic carbocycles. The molecule has 0 saturated heterocycles. The van der Waals surface area contributed by atoms with Gasteiger partial charge in [-0.15, -0.1) is 0 Å². The summed E-state index contributed by atoms with van der Waals surface area (Å²) < 4.78 is 37.9. The lowest BCUT2D eigenvalue weighted by Gasteiger charge is -2.23. The highest BCUT2D eigenvalue weighted by atomic mass is 19.4. The molecule has 1 saturated carbocycles. The van der Waals surface area contributed by atoms with Crippen LogP contribution in [0, 0.1) is 5.41 Å². The molecule has 3 rings (SSSR count). The molecule has 0 radical (unpaired) electrons. The summed E-state index contributed by atoms with van der Waals surface area (Å²) in [5.41, 5.74) is -0.654. The Morgan fingerprint density at radius 2 is 1.71 bits per heavy atom. The minimum absolute atomic E-state index is 0.233. The van der Waals surface area contributed by atoms with Gasteiger partial charge in [-0.25, -0.2) is 0 Å². The number of likely N-dealkylation sites (N-methyl/N-ethyl adjacent to an activating group) is 1. The number of benzene rings is 1. The van der Waals surface area contributed by atoms with Gasteiger partial charge in [0.25, 0.3) is 0 Å². The zero-order chi connectivity index (χ0) is 20.4. The van der Waals surface area contributed by atoms with Crippen LogP contribution in [0.15, 0.2) is 48.8 Å². The lowest BCUT2D eigenvalue weighted by molar-refractivity contribution is -0.141. The Bertz CT molecular complexity index is 847. The van der Waals surface area contributed by atoms with E-state index in [1.165, 1.54) is 17.0 Å². The lowest BCUT2D eigenvalue weighted by atomic mass is 10.0. The van der Waals surface area contributed by atoms with Crippen molar-refractivity contribution in [2.75, 3.05) is 18.9 Å². The van der Waals surface area contributed by atoms with Crippen LogP contribution >= 0.6 is 0 Å². The van der Waals surface area contributed by atoms with E-state index in [1.54, 1.807) is 19.4 Å². The molecule has 0 unspecified atom stereocenters. The van der Waals surface area contributed by atoms with Gasteiger partial charge in [0.2, 0.25) is 11.8 Å². The quantitative estimate of drug-likeness (QED) is 0.767. The first-order chi connectivity index (χ1) is 13.2. The Morgan fingerprint density at radius 3 is 2.25 bits per heavy atom. The summed E-state index contributed by atoms with van der Waals surface area (Å²) in [5, 5.41) is 2.57. The van der Waals surface area contributed by atoms with E-state index in [4.69, 9.17) is 0 Å². The summed E-state index contributed by atoms with van der Waals surface area (Å²) in [6.07, 6.45) is 0.416. The van der Waals surface area contributed by atoms with Crippen LogP contribution in [-0.4, -0.2) is 35.3 Å². The summed E-state index contributed by atoms with van der Waals surface area (Å²) in [7, 11) is 1.65. The second kappa shape index (κ2) is 7.61. The summed E-state index contributed by atoms with van der Waals surface area (Å²) in [4.78, 5) is 30.8. The third-order valence-corrected chi connectivity index (χ3v) is 4.90. The van der Waals surface area contributed by atoms with Crippen LogP contribution in [0.5, 0.6) is 0 Å². The molecule has 0 spiro atoms. The van der Waals surface area contributed by atoms with Crippen LogP contribution in [0.1, 0.15) is 24.0 Å². The molecule has 1 fully saturated rings. The summed E-state index contributed by atoms with van der Waals surface area (Å²) in [6.45, 7) is 0.457. The van der Waals surface area contributed by atoms with Gasteiger partial charge in [0.15, 0.2) is 0 Å². The van der Waals surface area contributed by atoms with Crippen LogP contribution < -0.4 is 5.32 Å². The standard InChI is InChI=1S/C20H20F3N3O2/c1-26(13-8-14-6-11-24-12-7-14)18(28)19(9-10-19)17(27)25-16-4-2-15(3-5-16)20(21,22)23/h2-7,11-12H,8-10,13H2,1H3,(H,25,27). The van der Waals surface area contributed by atoms with E-state index in [2.05, 4.69) is 10.3 Å². The fourth-order valence-electron chi connectivity index (χ4n) is 2.97. The topological polar surface area (TPSA) is 62.3 Å². The van der Waals surface area contributed by atoms with Crippen LogP contribution in [0.4, 0.5) is 18.9 Å². The van der Waals surface area contributed by atoms with Crippen LogP contribution in [0.25, 0.3) is 0 Å². The van der Waals surface area contributed by atoms with Gasteiger partial charge in [-0.2, -0.15) is 13.2 Å². The highest BCUT2D eigenvalue weighted by molar-refractivity contribution is 6.12. The Balaban J connectivity index is 1.60. The average molecular weight is 391 g/mol. The molecule has 1 heterocycles. The molecule has 8 heteroatoms. The molecule has 1 aromatic heterocycles. The van der Waals surface area contributed by atoms with Crippen molar-refractivity contribution in [3.05, 3.63) is 59.9 Å². The Labute approximate surface area is 160 Å². The number of carbonyl (C=O) groups excluding carboxylic acids is 2. The molecule has 1 N–H and O–H groups in total. The maximum Gasteiger partial charge on any atom is 0.416 e. The van der Waals surface area contributed by atoms with Gasteiger partial charge in [-0.05, 0) is 61.2 Å². The Morgan fingerprint density at radius 1 is 1.11 bits per heavy atom. The van der Waals surface area contributed by atoms with E-state index in [-0.39, 0.29) is 11.6 Å². The number of halogens is 3. The van der Waals surface area contributed by atoms with Gasteiger partial charge in [0, 0.05) is 31.7 Å². The minimum Gasteiger partial charge on any atom is -0.344 e. The largest absolute Gasteiger partial charge is 0.416 e. The molecular weight excluding hydrogens is 371 g/mol. The fraction of sp³-hybridized carbons (Fsp3) is 0.350. The van der Waals surface area contributed by atoms with Gasteiger partial charge in [-0.3, -0.25) is 14.6 Å². The first-order valence-corrected chi connectivity index (χ1v) is 8.85. The number of hydrogen-bond acceptors (Lipinski definition) is 3. The zero-order valence-electron chi connectivity index (χ0n) is 15.3. The van der Waals surface area contributed by atoms with Crippen LogP contribution in [-0.2, 0) is 22.2 Å². The van der Waals surface area contributed by atoms with E-state index < -0.39 is 23.1 Å².